The number of para-hydroxylation sites is 1. The van der Waals surface area contributed by atoms with Crippen LogP contribution >= 0.6 is 11.3 Å². The van der Waals surface area contributed by atoms with Crippen molar-refractivity contribution in [3.63, 3.8) is 0 Å². The molecule has 0 unspecified atom stereocenters. The van der Waals surface area contributed by atoms with Crippen LogP contribution in [-0.4, -0.2) is 30.8 Å². The van der Waals surface area contributed by atoms with Gasteiger partial charge in [0.05, 0.1) is 6.54 Å². The third-order valence-electron chi connectivity index (χ3n) is 4.02. The number of carbonyl (C=O) groups is 1. The van der Waals surface area contributed by atoms with E-state index in [2.05, 4.69) is 15.6 Å². The van der Waals surface area contributed by atoms with Gasteiger partial charge in [0.1, 0.15) is 18.1 Å². The summed E-state index contributed by atoms with van der Waals surface area (Å²) in [7, 11) is 0. The summed E-state index contributed by atoms with van der Waals surface area (Å²) in [6.07, 6.45) is 0. The molecule has 144 valence electrons. The molecule has 0 saturated carbocycles. The second-order valence-electron chi connectivity index (χ2n) is 6.00. The van der Waals surface area contributed by atoms with Crippen LogP contribution in [0.25, 0.3) is 0 Å². The number of aromatic nitrogens is 1. The molecule has 0 radical (unpaired) electrons. The molecule has 0 aliphatic carbocycles. The average Bonchev–Trinajstić information content (AvgIpc) is 3.39. The lowest BCUT2D eigenvalue weighted by molar-refractivity contribution is 0.0943. The Kier molecular flexibility index (Phi) is 5.58. The SMILES string of the molecule is O=C(NCCOc1ccccc1)c1csc(NCc2ccc3c(c2)OCO3)n1. The molecule has 1 aromatic heterocycles. The van der Waals surface area contributed by atoms with Crippen LogP contribution in [0.15, 0.2) is 53.9 Å². The van der Waals surface area contributed by atoms with E-state index >= 15 is 0 Å². The number of fused-ring (bicyclic) bond motifs is 1. The number of hydrogen-bond acceptors (Lipinski definition) is 7. The molecular weight excluding hydrogens is 378 g/mol. The molecule has 7 nitrogen and oxygen atoms in total. The van der Waals surface area contributed by atoms with E-state index < -0.39 is 0 Å². The highest BCUT2D eigenvalue weighted by Gasteiger charge is 2.14. The molecule has 2 aromatic carbocycles. The van der Waals surface area contributed by atoms with Crippen molar-refractivity contribution in [2.24, 2.45) is 0 Å². The lowest BCUT2D eigenvalue weighted by atomic mass is 10.2. The molecule has 0 atom stereocenters. The molecule has 1 aliphatic heterocycles. The maximum absolute atomic E-state index is 12.2. The van der Waals surface area contributed by atoms with Gasteiger partial charge in [-0.1, -0.05) is 24.3 Å². The van der Waals surface area contributed by atoms with Crippen molar-refractivity contribution in [2.75, 3.05) is 25.3 Å². The molecule has 0 saturated heterocycles. The molecule has 3 aromatic rings. The molecule has 0 bridgehead atoms. The standard InChI is InChI=1S/C20H19N3O4S/c24-19(21-8-9-25-15-4-2-1-3-5-15)16-12-28-20(23-16)22-11-14-6-7-17-18(10-14)27-13-26-17/h1-7,10,12H,8-9,11,13H2,(H,21,24)(H,22,23). The van der Waals surface area contributed by atoms with Crippen LogP contribution in [0.1, 0.15) is 16.1 Å². The molecule has 2 N–H and O–H groups in total. The third-order valence-corrected chi connectivity index (χ3v) is 4.82. The second-order valence-corrected chi connectivity index (χ2v) is 6.85. The lowest BCUT2D eigenvalue weighted by Crippen LogP contribution is -2.28. The van der Waals surface area contributed by atoms with Gasteiger partial charge in [-0.05, 0) is 29.8 Å². The number of carbonyl (C=O) groups excluding carboxylic acids is 1. The minimum atomic E-state index is -0.218. The van der Waals surface area contributed by atoms with Crippen molar-refractivity contribution in [1.29, 1.82) is 0 Å². The van der Waals surface area contributed by atoms with Crippen LogP contribution in [-0.2, 0) is 6.54 Å². The Bertz CT molecular complexity index is 946. The molecule has 28 heavy (non-hydrogen) atoms. The van der Waals surface area contributed by atoms with Crippen LogP contribution in [0.4, 0.5) is 5.13 Å². The van der Waals surface area contributed by atoms with E-state index in [9.17, 15) is 4.79 Å². The van der Waals surface area contributed by atoms with Gasteiger partial charge in [0, 0.05) is 11.9 Å². The largest absolute Gasteiger partial charge is 0.492 e. The zero-order chi connectivity index (χ0) is 19.2. The number of nitrogens with one attached hydrogen (secondary N) is 2. The Labute approximate surface area is 166 Å². The van der Waals surface area contributed by atoms with E-state index in [-0.39, 0.29) is 12.7 Å². The van der Waals surface area contributed by atoms with Crippen LogP contribution in [0, 0.1) is 0 Å². The number of amides is 1. The van der Waals surface area contributed by atoms with E-state index in [1.165, 1.54) is 11.3 Å². The first-order valence-electron chi connectivity index (χ1n) is 8.82. The van der Waals surface area contributed by atoms with E-state index in [1.807, 2.05) is 48.5 Å². The van der Waals surface area contributed by atoms with Crippen LogP contribution in [0.2, 0.25) is 0 Å². The first-order chi connectivity index (χ1) is 13.8. The van der Waals surface area contributed by atoms with Crippen molar-refractivity contribution >= 4 is 22.4 Å². The number of nitrogens with zero attached hydrogens (tertiary/aromatic N) is 1. The zero-order valence-electron chi connectivity index (χ0n) is 15.0. The van der Waals surface area contributed by atoms with Crippen molar-refractivity contribution in [1.82, 2.24) is 10.3 Å². The van der Waals surface area contributed by atoms with Crippen LogP contribution in [0.5, 0.6) is 17.2 Å². The van der Waals surface area contributed by atoms with Gasteiger partial charge < -0.3 is 24.8 Å². The van der Waals surface area contributed by atoms with Gasteiger partial charge in [-0.2, -0.15) is 0 Å². The van der Waals surface area contributed by atoms with E-state index in [0.717, 1.165) is 22.8 Å². The maximum atomic E-state index is 12.2. The fourth-order valence-corrected chi connectivity index (χ4v) is 3.32. The summed E-state index contributed by atoms with van der Waals surface area (Å²) < 4.78 is 16.2. The van der Waals surface area contributed by atoms with Gasteiger partial charge in [-0.3, -0.25) is 4.79 Å². The Morgan fingerprint density at radius 3 is 2.89 bits per heavy atom. The molecule has 2 heterocycles. The topological polar surface area (TPSA) is 81.7 Å². The monoisotopic (exact) mass is 397 g/mol. The quantitative estimate of drug-likeness (QED) is 0.568. The molecule has 1 aliphatic rings. The summed E-state index contributed by atoms with van der Waals surface area (Å²) in [5, 5.41) is 8.44. The maximum Gasteiger partial charge on any atom is 0.270 e. The first-order valence-corrected chi connectivity index (χ1v) is 9.70. The number of rotatable bonds is 8. The normalized spacial score (nSPS) is 11.9. The summed E-state index contributed by atoms with van der Waals surface area (Å²) in [4.78, 5) is 16.5. The van der Waals surface area contributed by atoms with E-state index in [1.54, 1.807) is 5.38 Å². The Morgan fingerprint density at radius 2 is 2.00 bits per heavy atom. The molecule has 8 heteroatoms. The number of anilines is 1. The summed E-state index contributed by atoms with van der Waals surface area (Å²) in [5.74, 6) is 2.06. The predicted octanol–water partition coefficient (Wildman–Crippen LogP) is 3.29. The Hall–Kier alpha value is -3.26. The van der Waals surface area contributed by atoms with Gasteiger partial charge in [-0.15, -0.1) is 11.3 Å². The van der Waals surface area contributed by atoms with Gasteiger partial charge in [-0.25, -0.2) is 4.98 Å². The molecular formula is C20H19N3O4S. The summed E-state index contributed by atoms with van der Waals surface area (Å²) in [5.41, 5.74) is 1.43. The van der Waals surface area contributed by atoms with Crippen molar-refractivity contribution in [3.05, 3.63) is 65.2 Å². The third kappa shape index (κ3) is 4.52. The number of benzene rings is 2. The molecule has 0 fully saturated rings. The van der Waals surface area contributed by atoms with E-state index in [4.69, 9.17) is 14.2 Å². The zero-order valence-corrected chi connectivity index (χ0v) is 15.8. The summed E-state index contributed by atoms with van der Waals surface area (Å²) >= 11 is 1.39. The van der Waals surface area contributed by atoms with Crippen molar-refractivity contribution in [2.45, 2.75) is 6.54 Å². The predicted molar refractivity (Wildman–Crippen MR) is 106 cm³/mol. The first kappa shape index (κ1) is 18.1. The molecule has 4 rings (SSSR count). The second kappa shape index (κ2) is 8.62. The Morgan fingerprint density at radius 1 is 1.14 bits per heavy atom. The average molecular weight is 397 g/mol. The Balaban J connectivity index is 1.22. The van der Waals surface area contributed by atoms with Crippen LogP contribution in [0.3, 0.4) is 0 Å². The smallest absolute Gasteiger partial charge is 0.270 e. The molecule has 0 spiro atoms. The fraction of sp³-hybridized carbons (Fsp3) is 0.200. The number of thiazole rings is 1. The molecule has 1 amide bonds. The highest BCUT2D eigenvalue weighted by Crippen LogP contribution is 2.32. The minimum Gasteiger partial charge on any atom is -0.492 e. The van der Waals surface area contributed by atoms with Crippen molar-refractivity contribution < 1.29 is 19.0 Å². The van der Waals surface area contributed by atoms with Crippen molar-refractivity contribution in [3.8, 4) is 17.2 Å². The number of ether oxygens (including phenoxy) is 3. The van der Waals surface area contributed by atoms with Gasteiger partial charge in [0.2, 0.25) is 6.79 Å². The number of hydrogen-bond donors (Lipinski definition) is 2. The van der Waals surface area contributed by atoms with Gasteiger partial charge in [0.25, 0.3) is 5.91 Å². The highest BCUT2D eigenvalue weighted by molar-refractivity contribution is 7.13. The van der Waals surface area contributed by atoms with E-state index in [0.29, 0.717) is 30.5 Å². The van der Waals surface area contributed by atoms with Gasteiger partial charge >= 0.3 is 0 Å². The summed E-state index contributed by atoms with van der Waals surface area (Å²) in [6.45, 7) is 1.64. The summed E-state index contributed by atoms with van der Waals surface area (Å²) in [6, 6.07) is 15.3. The minimum absolute atomic E-state index is 0.218. The van der Waals surface area contributed by atoms with Crippen LogP contribution < -0.4 is 24.8 Å². The highest BCUT2D eigenvalue weighted by atomic mass is 32.1. The fourth-order valence-electron chi connectivity index (χ4n) is 2.63. The lowest BCUT2D eigenvalue weighted by Gasteiger charge is -2.06. The van der Waals surface area contributed by atoms with Gasteiger partial charge in [0.15, 0.2) is 16.6 Å².